The zero-order chi connectivity index (χ0) is 55.6. The largest absolute Gasteiger partial charge is 0.240 e. The summed E-state index contributed by atoms with van der Waals surface area (Å²) in [4.78, 5) is 0. The topological polar surface area (TPSA) is 3.24 Å². The monoisotopic (exact) mass is 1140 g/mol. The minimum atomic E-state index is -1.80. The van der Waals surface area contributed by atoms with Crippen LogP contribution in [0.25, 0.3) is 0 Å². The van der Waals surface area contributed by atoms with Crippen molar-refractivity contribution in [2.24, 2.45) is 0 Å². The van der Waals surface area contributed by atoms with Crippen LogP contribution in [0.1, 0.15) is 183 Å². The summed E-state index contributed by atoms with van der Waals surface area (Å²) in [5.74, 6) is 0. The maximum Gasteiger partial charge on any atom is 0.0867 e. The molecule has 1 atom stereocenters. The smallest absolute Gasteiger partial charge is 0.0867 e. The highest BCUT2D eigenvalue weighted by Crippen LogP contribution is 2.55. The SMILES string of the molecule is CCCC[Si](CCCC)(CCCC)c1ccc(P(c2ccc([Si](CCCC)(CCCC)CCCC)cc2)N(Cc2ccccc2)P(c2ccc([Si](CCCC)(CCCC)CCCC)cc2)c2ccccc2[Si](C)(C)C)cc1. The van der Waals surface area contributed by atoms with E-state index in [0.717, 1.165) is 6.54 Å². The fraction of sp³-hybridized carbons (Fsp3) is 0.571. The minimum absolute atomic E-state index is 0.913. The van der Waals surface area contributed by atoms with E-state index < -0.39 is 48.4 Å². The Kier molecular flexibility index (Phi) is 29.2. The average Bonchev–Trinajstić information content (AvgIpc) is 3.47. The highest BCUT2D eigenvalue weighted by molar-refractivity contribution is 7.85. The summed E-state index contributed by atoms with van der Waals surface area (Å²) in [6, 6.07) is 66.9. The maximum absolute atomic E-state index is 3.12. The molecule has 0 radical (unpaired) electrons. The van der Waals surface area contributed by atoms with Crippen LogP contribution in [0.3, 0.4) is 0 Å². The van der Waals surface area contributed by atoms with E-state index in [1.165, 1.54) is 191 Å². The molecule has 424 valence electrons. The Labute approximate surface area is 483 Å². The van der Waals surface area contributed by atoms with Gasteiger partial charge in [0.05, 0.1) is 32.3 Å². The van der Waals surface area contributed by atoms with E-state index >= 15 is 0 Å². The Morgan fingerprint density at radius 1 is 0.312 bits per heavy atom. The minimum Gasteiger partial charge on any atom is -0.240 e. The molecule has 0 N–H and O–H groups in total. The summed E-state index contributed by atoms with van der Waals surface area (Å²) in [6.45, 7) is 30.5. The predicted octanol–water partition coefficient (Wildman–Crippen LogP) is 19.3. The fourth-order valence-corrected chi connectivity index (χ4v) is 38.5. The molecule has 0 aliphatic carbocycles. The van der Waals surface area contributed by atoms with Crippen molar-refractivity contribution >= 4 is 90.4 Å². The molecule has 0 heterocycles. The molecule has 0 aliphatic heterocycles. The number of nitrogens with zero attached hydrogens (tertiary/aromatic N) is 1. The molecule has 5 aromatic carbocycles. The lowest BCUT2D eigenvalue weighted by atomic mass is 10.2. The number of benzene rings is 5. The molecule has 0 saturated carbocycles. The summed E-state index contributed by atoms with van der Waals surface area (Å²) in [5, 5.41) is 13.0. The molecule has 1 nitrogen and oxygen atoms in total. The van der Waals surface area contributed by atoms with Crippen molar-refractivity contribution in [3.8, 4) is 0 Å². The number of unbranched alkanes of at least 4 members (excludes halogenated alkanes) is 9. The first-order valence-corrected chi connectivity index (χ1v) is 46.2. The highest BCUT2D eigenvalue weighted by Gasteiger charge is 2.39. The molecule has 1 unspecified atom stereocenters. The fourth-order valence-electron chi connectivity index (χ4n) is 13.0. The van der Waals surface area contributed by atoms with Gasteiger partial charge in [0, 0.05) is 22.7 Å². The van der Waals surface area contributed by atoms with E-state index in [1.807, 2.05) is 0 Å². The van der Waals surface area contributed by atoms with Crippen molar-refractivity contribution in [2.75, 3.05) is 0 Å². The van der Waals surface area contributed by atoms with Crippen LogP contribution >= 0.6 is 16.1 Å². The van der Waals surface area contributed by atoms with Crippen LogP contribution in [-0.4, -0.2) is 36.7 Å². The molecule has 5 aromatic rings. The molecule has 0 bridgehead atoms. The molecule has 0 fully saturated rings. The Bertz CT molecular complexity index is 2200. The lowest BCUT2D eigenvalue weighted by molar-refractivity contribution is 0.717. The van der Waals surface area contributed by atoms with Gasteiger partial charge in [0.2, 0.25) is 0 Å². The highest BCUT2D eigenvalue weighted by atomic mass is 31.2. The first-order chi connectivity index (χ1) is 37.4. The standard InChI is InChI=1S/C70H113NP2Si4/c1-13-22-52-75(53-23-14-2,54-24-15-3)66-46-40-63(41-47-66)72(64-42-48-67(49-43-64)76(55-25-16-4,56-26-17-5)57-27-18-6)71(61-62-36-32-31-33-37-62)73(69-38-34-35-39-70(69)74(10,11)12)65-44-50-68(51-45-65)77(58-28-19-7,59-29-20-8)60-30-21-9/h31-51H,13-30,52-61H2,1-12H3. The zero-order valence-corrected chi connectivity index (χ0v) is 57.6. The summed E-state index contributed by atoms with van der Waals surface area (Å²) in [6.07, 6.45) is 23.9. The Balaban J connectivity index is 1.89. The van der Waals surface area contributed by atoms with E-state index in [2.05, 4.69) is 214 Å². The molecule has 0 spiro atoms. The summed E-state index contributed by atoms with van der Waals surface area (Å²) < 4.78 is 3.12. The third kappa shape index (κ3) is 18.4. The normalized spacial score (nSPS) is 13.0. The second-order valence-electron chi connectivity index (χ2n) is 24.8. The van der Waals surface area contributed by atoms with Crippen molar-refractivity contribution in [3.05, 3.63) is 133 Å². The van der Waals surface area contributed by atoms with Gasteiger partial charge in [-0.15, -0.1) is 0 Å². The molecular formula is C70H113NP2Si4. The van der Waals surface area contributed by atoms with Crippen molar-refractivity contribution < 1.29 is 0 Å². The van der Waals surface area contributed by atoms with Crippen molar-refractivity contribution in [2.45, 2.75) is 258 Å². The lowest BCUT2D eigenvalue weighted by Gasteiger charge is -2.41. The van der Waals surface area contributed by atoms with Crippen LogP contribution in [0.2, 0.25) is 74.0 Å². The van der Waals surface area contributed by atoms with Gasteiger partial charge in [-0.25, -0.2) is 4.44 Å². The summed E-state index contributed by atoms with van der Waals surface area (Å²) >= 11 is 0. The lowest BCUT2D eigenvalue weighted by Crippen LogP contribution is -2.49. The second kappa shape index (κ2) is 34.3. The molecule has 77 heavy (non-hydrogen) atoms. The Morgan fingerprint density at radius 2 is 0.584 bits per heavy atom. The Hall–Kier alpha value is -2.21. The third-order valence-electron chi connectivity index (χ3n) is 17.8. The Morgan fingerprint density at radius 3 is 0.870 bits per heavy atom. The summed E-state index contributed by atoms with van der Waals surface area (Å²) in [7, 11) is -8.88. The van der Waals surface area contributed by atoms with Crippen LogP contribution in [0.15, 0.2) is 127 Å². The molecular weight excluding hydrogens is 1030 g/mol. The van der Waals surface area contributed by atoms with Gasteiger partial charge >= 0.3 is 0 Å². The van der Waals surface area contributed by atoms with E-state index in [1.54, 1.807) is 26.1 Å². The number of hydrogen-bond acceptors (Lipinski definition) is 1. The second-order valence-corrected chi connectivity index (χ2v) is 48.3. The van der Waals surface area contributed by atoms with Gasteiger partial charge in [0.1, 0.15) is 0 Å². The van der Waals surface area contributed by atoms with Gasteiger partial charge in [-0.1, -0.05) is 400 Å². The number of hydrogen-bond donors (Lipinski definition) is 0. The molecule has 7 heteroatoms. The van der Waals surface area contributed by atoms with Crippen molar-refractivity contribution in [1.29, 1.82) is 0 Å². The molecule has 0 saturated heterocycles. The van der Waals surface area contributed by atoms with Gasteiger partial charge in [-0.2, -0.15) is 0 Å². The van der Waals surface area contributed by atoms with Gasteiger partial charge < -0.3 is 0 Å². The van der Waals surface area contributed by atoms with Crippen LogP contribution in [-0.2, 0) is 6.54 Å². The molecule has 0 aromatic heterocycles. The van der Waals surface area contributed by atoms with E-state index in [0.29, 0.717) is 0 Å². The zero-order valence-electron chi connectivity index (χ0n) is 51.8. The van der Waals surface area contributed by atoms with E-state index in [9.17, 15) is 0 Å². The molecule has 0 amide bonds. The third-order valence-corrected chi connectivity index (χ3v) is 42.0. The molecule has 0 aliphatic rings. The van der Waals surface area contributed by atoms with Crippen molar-refractivity contribution in [3.63, 3.8) is 0 Å². The van der Waals surface area contributed by atoms with Gasteiger partial charge in [-0.05, 0) is 26.8 Å². The van der Waals surface area contributed by atoms with Crippen LogP contribution < -0.4 is 42.0 Å². The van der Waals surface area contributed by atoms with Crippen LogP contribution in [0, 0.1) is 0 Å². The van der Waals surface area contributed by atoms with Crippen LogP contribution in [0.4, 0.5) is 0 Å². The summed E-state index contributed by atoms with van der Waals surface area (Å²) in [5.41, 5.74) is 1.42. The number of rotatable bonds is 39. The van der Waals surface area contributed by atoms with Crippen LogP contribution in [0.5, 0.6) is 0 Å². The maximum atomic E-state index is 3.12. The van der Waals surface area contributed by atoms with Crippen molar-refractivity contribution in [1.82, 2.24) is 4.44 Å². The average molecular weight is 1140 g/mol. The van der Waals surface area contributed by atoms with Gasteiger partial charge in [0.15, 0.2) is 0 Å². The quantitative estimate of drug-likeness (QED) is 0.0280. The first-order valence-electron chi connectivity index (χ1n) is 32.2. The van der Waals surface area contributed by atoms with Gasteiger partial charge in [0.25, 0.3) is 0 Å². The van der Waals surface area contributed by atoms with E-state index in [4.69, 9.17) is 0 Å². The van der Waals surface area contributed by atoms with E-state index in [-0.39, 0.29) is 0 Å². The van der Waals surface area contributed by atoms with Gasteiger partial charge in [-0.3, -0.25) is 0 Å². The first kappa shape index (κ1) is 65.6. The predicted molar refractivity (Wildman–Crippen MR) is 367 cm³/mol. The molecule has 5 rings (SSSR count).